The van der Waals surface area contributed by atoms with Crippen LogP contribution in [0.5, 0.6) is 0 Å². The monoisotopic (exact) mass is 406 g/mol. The van der Waals surface area contributed by atoms with E-state index < -0.39 is 11.9 Å². The maximum absolute atomic E-state index is 9.10. The highest BCUT2D eigenvalue weighted by Gasteiger charge is 2.18. The molecule has 0 fully saturated rings. The van der Waals surface area contributed by atoms with Crippen molar-refractivity contribution in [3.8, 4) is 0 Å². The van der Waals surface area contributed by atoms with Crippen LogP contribution in [0.3, 0.4) is 0 Å². The lowest BCUT2D eigenvalue weighted by Crippen LogP contribution is -2.28. The molecule has 2 N–H and O–H groups in total. The Morgan fingerprint density at radius 2 is 1.36 bits per heavy atom. The van der Waals surface area contributed by atoms with Crippen LogP contribution in [0.15, 0.2) is 48.5 Å². The molecule has 2 aromatic carbocycles. The highest BCUT2D eigenvalue weighted by atomic mass is 35.5. The Hall–Kier alpha value is -2.73. The van der Waals surface area contributed by atoms with Crippen molar-refractivity contribution in [1.82, 2.24) is 0 Å². The summed E-state index contributed by atoms with van der Waals surface area (Å²) in [5, 5.41) is 15.6. The molecule has 0 aromatic heterocycles. The summed E-state index contributed by atoms with van der Waals surface area (Å²) >= 11 is 6.01. The third kappa shape index (κ3) is 6.78. The molecular weight excluding hydrogens is 380 g/mol. The molecule has 0 spiro atoms. The molecule has 0 aliphatic rings. The normalized spacial score (nSPS) is 11.0. The molecule has 0 radical (unpaired) electrons. The minimum Gasteiger partial charge on any atom is -0.473 e. The van der Waals surface area contributed by atoms with Crippen molar-refractivity contribution < 1.29 is 19.8 Å². The summed E-state index contributed by atoms with van der Waals surface area (Å²) in [6.07, 6.45) is 1.07. The van der Waals surface area contributed by atoms with Crippen molar-refractivity contribution in [3.05, 3.63) is 59.1 Å². The zero-order chi connectivity index (χ0) is 21.3. The molecule has 0 aliphatic heterocycles. The van der Waals surface area contributed by atoms with E-state index in [4.69, 9.17) is 31.4 Å². The summed E-state index contributed by atoms with van der Waals surface area (Å²) in [5.74, 6) is -3.65. The van der Waals surface area contributed by atoms with Gasteiger partial charge in [0.1, 0.15) is 0 Å². The number of anilines is 2. The number of hydrogen-bond acceptors (Lipinski definition) is 4. The Morgan fingerprint density at radius 1 is 0.893 bits per heavy atom. The number of aliphatic carboxylic acids is 2. The fourth-order valence-corrected chi connectivity index (χ4v) is 2.97. The van der Waals surface area contributed by atoms with Gasteiger partial charge in [-0.25, -0.2) is 9.59 Å². The number of carboxylic acids is 2. The summed E-state index contributed by atoms with van der Waals surface area (Å²) in [5.41, 5.74) is 3.80. The van der Waals surface area contributed by atoms with Gasteiger partial charge in [0.2, 0.25) is 0 Å². The van der Waals surface area contributed by atoms with E-state index in [2.05, 4.69) is 74.1 Å². The number of halogens is 1. The van der Waals surface area contributed by atoms with Gasteiger partial charge in [0, 0.05) is 37.0 Å². The third-order valence-corrected chi connectivity index (χ3v) is 4.49. The zero-order valence-electron chi connectivity index (χ0n) is 16.6. The molecule has 28 heavy (non-hydrogen) atoms. The Kier molecular flexibility index (Phi) is 9.32. The van der Waals surface area contributed by atoms with Crippen molar-refractivity contribution in [1.29, 1.82) is 0 Å². The van der Waals surface area contributed by atoms with Gasteiger partial charge in [-0.3, -0.25) is 0 Å². The molecule has 2 aromatic rings. The zero-order valence-corrected chi connectivity index (χ0v) is 17.3. The molecule has 0 saturated heterocycles. The van der Waals surface area contributed by atoms with Crippen LogP contribution in [0.2, 0.25) is 5.02 Å². The lowest BCUT2D eigenvalue weighted by atomic mass is 10.0. The van der Waals surface area contributed by atoms with Crippen LogP contribution in [0, 0.1) is 0 Å². The van der Waals surface area contributed by atoms with Gasteiger partial charge in [-0.1, -0.05) is 30.7 Å². The van der Waals surface area contributed by atoms with Gasteiger partial charge in [-0.05, 0) is 55.3 Å². The van der Waals surface area contributed by atoms with Crippen LogP contribution in [0.25, 0.3) is 0 Å². The van der Waals surface area contributed by atoms with Gasteiger partial charge in [0.25, 0.3) is 0 Å². The van der Waals surface area contributed by atoms with Crippen LogP contribution in [-0.4, -0.2) is 42.8 Å². The highest BCUT2D eigenvalue weighted by Crippen LogP contribution is 2.31. The average molecular weight is 407 g/mol. The number of rotatable bonds is 6. The van der Waals surface area contributed by atoms with Crippen molar-refractivity contribution in [2.24, 2.45) is 0 Å². The van der Waals surface area contributed by atoms with Gasteiger partial charge >= 0.3 is 11.9 Å². The molecule has 0 bridgehead atoms. The van der Waals surface area contributed by atoms with Crippen LogP contribution in [-0.2, 0) is 9.59 Å². The molecular formula is C21H27ClN2O4. The first-order chi connectivity index (χ1) is 13.2. The maximum Gasteiger partial charge on any atom is 0.414 e. The first-order valence-electron chi connectivity index (χ1n) is 8.96. The van der Waals surface area contributed by atoms with Crippen molar-refractivity contribution in [2.75, 3.05) is 30.4 Å². The first kappa shape index (κ1) is 23.3. The molecule has 6 nitrogen and oxygen atoms in total. The summed E-state index contributed by atoms with van der Waals surface area (Å²) in [6.45, 7) is 5.41. The predicted molar refractivity (Wildman–Crippen MR) is 114 cm³/mol. The second-order valence-corrected chi connectivity index (χ2v) is 6.72. The SMILES string of the molecule is CCC(c1ccc(N(C)C)cc1)N(CC)c1ccc(Cl)cc1.O=C(O)C(=O)O. The Labute approximate surface area is 171 Å². The van der Waals surface area contributed by atoms with Gasteiger partial charge in [0.15, 0.2) is 0 Å². The number of nitrogens with zero attached hydrogens (tertiary/aromatic N) is 2. The fourth-order valence-electron chi connectivity index (χ4n) is 2.85. The minimum atomic E-state index is -1.82. The van der Waals surface area contributed by atoms with Crippen LogP contribution in [0.4, 0.5) is 11.4 Å². The van der Waals surface area contributed by atoms with Crippen molar-refractivity contribution in [3.63, 3.8) is 0 Å². The van der Waals surface area contributed by atoms with Crippen LogP contribution >= 0.6 is 11.6 Å². The van der Waals surface area contributed by atoms with E-state index in [1.807, 2.05) is 12.1 Å². The summed E-state index contributed by atoms with van der Waals surface area (Å²) in [7, 11) is 4.14. The second-order valence-electron chi connectivity index (χ2n) is 6.28. The minimum absolute atomic E-state index is 0.377. The highest BCUT2D eigenvalue weighted by molar-refractivity contribution is 6.30. The largest absolute Gasteiger partial charge is 0.473 e. The lowest BCUT2D eigenvalue weighted by molar-refractivity contribution is -0.159. The van der Waals surface area contributed by atoms with Crippen molar-refractivity contribution >= 4 is 34.9 Å². The van der Waals surface area contributed by atoms with Crippen LogP contribution < -0.4 is 9.80 Å². The van der Waals surface area contributed by atoms with E-state index >= 15 is 0 Å². The molecule has 0 heterocycles. The molecule has 0 aliphatic carbocycles. The number of carbonyl (C=O) groups is 2. The van der Waals surface area contributed by atoms with Crippen molar-refractivity contribution in [2.45, 2.75) is 26.3 Å². The smallest absolute Gasteiger partial charge is 0.414 e. The Morgan fingerprint density at radius 3 is 1.71 bits per heavy atom. The third-order valence-electron chi connectivity index (χ3n) is 4.24. The standard InChI is InChI=1S/C19H25ClN2.C2H2O4/c1-5-19(15-7-11-17(12-8-15)21(3)4)22(6-2)18-13-9-16(20)10-14-18;3-1(4)2(5)6/h7-14,19H,5-6H2,1-4H3;(H,3,4)(H,5,6). The summed E-state index contributed by atoms with van der Waals surface area (Å²) < 4.78 is 0. The van der Waals surface area contributed by atoms with Crippen LogP contribution in [0.1, 0.15) is 31.9 Å². The number of hydrogen-bond donors (Lipinski definition) is 2. The van der Waals surface area contributed by atoms with Gasteiger partial charge < -0.3 is 20.0 Å². The lowest BCUT2D eigenvalue weighted by Gasteiger charge is -2.33. The summed E-state index contributed by atoms with van der Waals surface area (Å²) in [6, 6.07) is 17.3. The van der Waals surface area contributed by atoms with E-state index in [1.165, 1.54) is 16.9 Å². The molecule has 7 heteroatoms. The molecule has 0 amide bonds. The predicted octanol–water partition coefficient (Wildman–Crippen LogP) is 4.54. The van der Waals surface area contributed by atoms with E-state index in [1.54, 1.807) is 0 Å². The number of benzene rings is 2. The molecule has 1 atom stereocenters. The molecule has 152 valence electrons. The van der Waals surface area contributed by atoms with E-state index in [9.17, 15) is 0 Å². The topological polar surface area (TPSA) is 81.1 Å². The molecule has 2 rings (SSSR count). The Bertz CT molecular complexity index is 749. The van der Waals surface area contributed by atoms with Gasteiger partial charge in [-0.2, -0.15) is 0 Å². The summed E-state index contributed by atoms with van der Waals surface area (Å²) in [4.78, 5) is 22.8. The maximum atomic E-state index is 9.10. The van der Waals surface area contributed by atoms with E-state index in [0.29, 0.717) is 6.04 Å². The second kappa shape index (κ2) is 11.2. The average Bonchev–Trinajstić information content (AvgIpc) is 2.67. The molecule has 0 saturated carbocycles. The van der Waals surface area contributed by atoms with Gasteiger partial charge in [-0.15, -0.1) is 0 Å². The number of carboxylic acid groups (broad SMARTS) is 2. The fraction of sp³-hybridized carbons (Fsp3) is 0.333. The molecule has 1 unspecified atom stereocenters. The van der Waals surface area contributed by atoms with E-state index in [0.717, 1.165) is 18.0 Å². The quantitative estimate of drug-likeness (QED) is 0.685. The first-order valence-corrected chi connectivity index (χ1v) is 9.34. The Balaban J connectivity index is 0.000000568. The van der Waals surface area contributed by atoms with Gasteiger partial charge in [0.05, 0.1) is 6.04 Å². The van der Waals surface area contributed by atoms with E-state index in [-0.39, 0.29) is 0 Å².